The van der Waals surface area contributed by atoms with Crippen molar-refractivity contribution in [2.75, 3.05) is 13.2 Å². The van der Waals surface area contributed by atoms with Crippen LogP contribution in [0.25, 0.3) is 0 Å². The number of rotatable bonds is 54. The molecule has 0 aromatic heterocycles. The molecule has 0 bridgehead atoms. The minimum atomic E-state index is -0.845. The molecular weight excluding hydrogens is 827 g/mol. The lowest BCUT2D eigenvalue weighted by atomic mass is 10.0. The fraction of sp³-hybridized carbons (Fsp3) is 0.836. The number of allylic oxidation sites excluding steroid dienone is 7. The fourth-order valence-corrected chi connectivity index (χ4v) is 8.78. The Morgan fingerprint density at radius 1 is 0.418 bits per heavy atom. The first-order chi connectivity index (χ1) is 33.0. The van der Waals surface area contributed by atoms with Crippen molar-refractivity contribution in [3.63, 3.8) is 0 Å². The molecule has 0 aromatic carbocycles. The molecule has 0 saturated heterocycles. The van der Waals surface area contributed by atoms with Gasteiger partial charge in [-0.05, 0) is 89.9 Å². The van der Waals surface area contributed by atoms with Crippen molar-refractivity contribution in [2.24, 2.45) is 0 Å². The van der Waals surface area contributed by atoms with Crippen molar-refractivity contribution in [2.45, 2.75) is 315 Å². The topological polar surface area (TPSA) is 95.9 Å². The maximum absolute atomic E-state index is 12.4. The molecule has 0 radical (unpaired) electrons. The summed E-state index contributed by atoms with van der Waals surface area (Å²) in [4.78, 5) is 24.4. The molecule has 0 aliphatic carbocycles. The van der Waals surface area contributed by atoms with Gasteiger partial charge in [0.1, 0.15) is 0 Å². The molecule has 392 valence electrons. The van der Waals surface area contributed by atoms with Gasteiger partial charge in [0.25, 0.3) is 0 Å². The Balaban J connectivity index is 3.39. The average molecular weight is 941 g/mol. The van der Waals surface area contributed by atoms with Gasteiger partial charge in [-0.2, -0.15) is 0 Å². The van der Waals surface area contributed by atoms with Gasteiger partial charge in [-0.15, -0.1) is 0 Å². The molecule has 0 spiro atoms. The molecule has 0 aliphatic rings. The molecule has 6 heteroatoms. The first-order valence-electron chi connectivity index (χ1n) is 29.4. The largest absolute Gasteiger partial charge is 0.466 e. The number of esters is 1. The fourth-order valence-electron chi connectivity index (χ4n) is 8.78. The van der Waals surface area contributed by atoms with Crippen molar-refractivity contribution in [3.8, 4) is 0 Å². The Labute approximate surface area is 416 Å². The normalized spacial score (nSPS) is 13.0. The predicted molar refractivity (Wildman–Crippen MR) is 292 cm³/mol. The van der Waals surface area contributed by atoms with Crippen LogP contribution in [0.1, 0.15) is 303 Å². The van der Waals surface area contributed by atoms with Crippen LogP contribution in [0.3, 0.4) is 0 Å². The molecule has 0 aromatic rings. The van der Waals surface area contributed by atoms with Crippen LogP contribution in [0.15, 0.2) is 48.6 Å². The molecule has 0 heterocycles. The molecule has 2 unspecified atom stereocenters. The molecule has 1 amide bonds. The minimum absolute atomic E-state index is 0.00359. The van der Waals surface area contributed by atoms with Gasteiger partial charge in [0.2, 0.25) is 5.91 Å². The number of carbonyl (C=O) groups excluding carboxylic acids is 2. The van der Waals surface area contributed by atoms with Crippen LogP contribution in [0.5, 0.6) is 0 Å². The third-order valence-electron chi connectivity index (χ3n) is 13.3. The van der Waals surface area contributed by atoms with E-state index in [0.717, 1.165) is 51.4 Å². The van der Waals surface area contributed by atoms with Crippen LogP contribution in [0.4, 0.5) is 0 Å². The number of amides is 1. The Kier molecular flexibility index (Phi) is 54.6. The Morgan fingerprint density at radius 2 is 0.746 bits per heavy atom. The third-order valence-corrected chi connectivity index (χ3v) is 13.3. The molecule has 0 aliphatic heterocycles. The summed E-state index contributed by atoms with van der Waals surface area (Å²) >= 11 is 0. The van der Waals surface area contributed by atoms with E-state index in [9.17, 15) is 19.8 Å². The highest BCUT2D eigenvalue weighted by atomic mass is 16.5. The van der Waals surface area contributed by atoms with E-state index in [-0.39, 0.29) is 18.5 Å². The van der Waals surface area contributed by atoms with Crippen LogP contribution in [0.2, 0.25) is 0 Å². The summed E-state index contributed by atoms with van der Waals surface area (Å²) < 4.78 is 5.48. The summed E-state index contributed by atoms with van der Waals surface area (Å²) in [6, 6.07) is -0.629. The summed E-state index contributed by atoms with van der Waals surface area (Å²) in [6.07, 6.45) is 71.5. The number of carbonyl (C=O) groups is 2. The second-order valence-electron chi connectivity index (χ2n) is 20.0. The van der Waals surface area contributed by atoms with E-state index in [4.69, 9.17) is 4.74 Å². The number of unbranched alkanes of at least 4 members (excludes halogenated alkanes) is 37. The molecule has 0 rings (SSSR count). The zero-order valence-corrected chi connectivity index (χ0v) is 44.6. The van der Waals surface area contributed by atoms with Crippen molar-refractivity contribution < 1.29 is 24.5 Å². The highest BCUT2D eigenvalue weighted by molar-refractivity contribution is 5.76. The number of nitrogens with one attached hydrogen (secondary N) is 1. The van der Waals surface area contributed by atoms with E-state index in [0.29, 0.717) is 19.4 Å². The van der Waals surface area contributed by atoms with Gasteiger partial charge in [-0.25, -0.2) is 0 Å². The van der Waals surface area contributed by atoms with Gasteiger partial charge < -0.3 is 20.3 Å². The summed E-state index contributed by atoms with van der Waals surface area (Å²) in [5, 5.41) is 22.9. The van der Waals surface area contributed by atoms with Gasteiger partial charge in [-0.3, -0.25) is 9.59 Å². The van der Waals surface area contributed by atoms with E-state index >= 15 is 0 Å². The molecule has 67 heavy (non-hydrogen) atoms. The Morgan fingerprint density at radius 3 is 1.18 bits per heavy atom. The van der Waals surface area contributed by atoms with Crippen molar-refractivity contribution in [3.05, 3.63) is 48.6 Å². The zero-order valence-electron chi connectivity index (χ0n) is 44.6. The van der Waals surface area contributed by atoms with Crippen LogP contribution in [-0.2, 0) is 14.3 Å². The summed E-state index contributed by atoms with van der Waals surface area (Å²) in [5.41, 5.74) is 0. The maximum Gasteiger partial charge on any atom is 0.305 e. The van der Waals surface area contributed by atoms with Gasteiger partial charge in [0.05, 0.1) is 25.4 Å². The van der Waals surface area contributed by atoms with Crippen LogP contribution in [0, 0.1) is 0 Å². The lowest BCUT2D eigenvalue weighted by Crippen LogP contribution is -2.45. The van der Waals surface area contributed by atoms with Crippen molar-refractivity contribution >= 4 is 11.9 Å². The standard InChI is InChI=1S/C61H113NO5/c1-3-5-7-9-11-13-14-15-16-25-29-32-35-39-43-47-51-55-61(66)67-56-52-48-44-40-36-33-30-27-24-22-20-18-17-19-21-23-26-28-31-34-38-42-46-50-54-60(65)62-58(57-63)59(64)53-49-45-41-37-12-10-8-6-4-2/h11,13,15-16,19,21,49,53,58-59,63-64H,3-10,12,14,17-18,20,22-48,50-52,54-57H2,1-2H3,(H,62,65)/b13-11-,16-15-,21-19-,53-49+. The Bertz CT molecular complexity index is 1130. The second kappa shape index (κ2) is 56.4. The number of aliphatic hydroxyl groups excluding tert-OH is 2. The predicted octanol–water partition coefficient (Wildman–Crippen LogP) is 18.2. The van der Waals surface area contributed by atoms with E-state index in [1.54, 1.807) is 6.08 Å². The quantitative estimate of drug-likeness (QED) is 0.0321. The first kappa shape index (κ1) is 64.8. The summed E-state index contributed by atoms with van der Waals surface area (Å²) in [5.74, 6) is -0.0722. The number of hydrogen-bond donors (Lipinski definition) is 3. The number of hydrogen-bond acceptors (Lipinski definition) is 5. The van der Waals surface area contributed by atoms with E-state index in [1.165, 1.54) is 225 Å². The number of aliphatic hydroxyl groups is 2. The van der Waals surface area contributed by atoms with Crippen LogP contribution < -0.4 is 5.32 Å². The Hall–Kier alpha value is -2.18. The average Bonchev–Trinajstić information content (AvgIpc) is 3.33. The van der Waals surface area contributed by atoms with Gasteiger partial charge in [0.15, 0.2) is 0 Å². The van der Waals surface area contributed by atoms with E-state index in [1.807, 2.05) is 6.08 Å². The van der Waals surface area contributed by atoms with Gasteiger partial charge in [-0.1, -0.05) is 249 Å². The van der Waals surface area contributed by atoms with Gasteiger partial charge >= 0.3 is 5.97 Å². The molecule has 2 atom stereocenters. The third kappa shape index (κ3) is 53.0. The first-order valence-corrected chi connectivity index (χ1v) is 29.4. The number of ether oxygens (including phenoxy) is 1. The SMILES string of the molecule is CCCCC/C=C\C/C=C\CCCCCCCCCC(=O)OCCCCCCCCCCCCCC/C=C\CCCCCCCCCCC(=O)NC(CO)C(O)/C=C/CCCCCCCCC. The molecule has 0 fully saturated rings. The molecule has 0 saturated carbocycles. The van der Waals surface area contributed by atoms with Crippen LogP contribution >= 0.6 is 0 Å². The lowest BCUT2D eigenvalue weighted by molar-refractivity contribution is -0.143. The smallest absolute Gasteiger partial charge is 0.305 e. The van der Waals surface area contributed by atoms with E-state index in [2.05, 4.69) is 55.6 Å². The van der Waals surface area contributed by atoms with Crippen molar-refractivity contribution in [1.29, 1.82) is 0 Å². The molecule has 3 N–H and O–H groups in total. The molecule has 6 nitrogen and oxygen atoms in total. The van der Waals surface area contributed by atoms with Gasteiger partial charge in [0, 0.05) is 12.8 Å². The zero-order chi connectivity index (χ0) is 48.6. The summed E-state index contributed by atoms with van der Waals surface area (Å²) in [6.45, 7) is 4.84. The second-order valence-corrected chi connectivity index (χ2v) is 20.0. The highest BCUT2D eigenvalue weighted by Crippen LogP contribution is 2.16. The maximum atomic E-state index is 12.4. The minimum Gasteiger partial charge on any atom is -0.466 e. The summed E-state index contributed by atoms with van der Waals surface area (Å²) in [7, 11) is 0. The van der Waals surface area contributed by atoms with E-state index < -0.39 is 12.1 Å². The molecular formula is C61H113NO5. The monoisotopic (exact) mass is 940 g/mol. The lowest BCUT2D eigenvalue weighted by Gasteiger charge is -2.20. The van der Waals surface area contributed by atoms with Crippen molar-refractivity contribution in [1.82, 2.24) is 5.32 Å². The highest BCUT2D eigenvalue weighted by Gasteiger charge is 2.18. The van der Waals surface area contributed by atoms with Crippen LogP contribution in [-0.4, -0.2) is 47.4 Å².